The number of nitrogens with two attached hydrogens (primary N) is 1. The van der Waals surface area contributed by atoms with Crippen LogP contribution in [0.3, 0.4) is 0 Å². The second-order valence-corrected chi connectivity index (χ2v) is 4.89. The van der Waals surface area contributed by atoms with E-state index in [1.807, 2.05) is 4.57 Å². The zero-order chi connectivity index (χ0) is 13.1. The first-order valence-corrected chi connectivity index (χ1v) is 6.29. The standard InChI is InChI=1S/C13H20N4O/c1-9-5-6-10(8-9)17-11(4-3-7-15-2)12(18)16-13(17)14/h3-4,7,9-10,18H,5-6,8H2,1-2H3,(H2,14,16). The number of allylic oxidation sites excluding steroid dienone is 1. The molecule has 18 heavy (non-hydrogen) atoms. The Labute approximate surface area is 107 Å². The molecule has 2 atom stereocenters. The number of aromatic nitrogens is 2. The lowest BCUT2D eigenvalue weighted by Gasteiger charge is -2.15. The zero-order valence-corrected chi connectivity index (χ0v) is 10.9. The molecule has 1 fully saturated rings. The third kappa shape index (κ3) is 2.39. The molecular formula is C13H20N4O. The van der Waals surface area contributed by atoms with Crippen LogP contribution in [-0.2, 0) is 0 Å². The lowest BCUT2D eigenvalue weighted by Crippen LogP contribution is -2.10. The molecule has 1 aliphatic rings. The summed E-state index contributed by atoms with van der Waals surface area (Å²) in [6.45, 7) is 2.24. The summed E-state index contributed by atoms with van der Waals surface area (Å²) in [5.74, 6) is 1.08. The van der Waals surface area contributed by atoms with Crippen molar-refractivity contribution < 1.29 is 5.11 Å². The Morgan fingerprint density at radius 1 is 1.50 bits per heavy atom. The van der Waals surface area contributed by atoms with Crippen molar-refractivity contribution in [3.05, 3.63) is 11.8 Å². The minimum atomic E-state index is -0.00666. The Bertz CT molecular complexity index is 476. The Hall–Kier alpha value is -1.78. The SMILES string of the molecule is CN=CC=Cc1c(O)nc(N)n1C1CCC(C)C1. The minimum absolute atomic E-state index is 0.00666. The molecule has 1 aromatic heterocycles. The monoisotopic (exact) mass is 248 g/mol. The van der Waals surface area contributed by atoms with E-state index in [2.05, 4.69) is 16.9 Å². The predicted molar refractivity (Wildman–Crippen MR) is 73.8 cm³/mol. The van der Waals surface area contributed by atoms with Crippen LogP contribution in [-0.4, -0.2) is 27.9 Å². The molecule has 1 saturated carbocycles. The maximum atomic E-state index is 9.83. The number of anilines is 1. The van der Waals surface area contributed by atoms with Crippen LogP contribution in [0.1, 0.15) is 37.9 Å². The van der Waals surface area contributed by atoms with E-state index < -0.39 is 0 Å². The summed E-state index contributed by atoms with van der Waals surface area (Å²) < 4.78 is 1.94. The van der Waals surface area contributed by atoms with Crippen LogP contribution in [0, 0.1) is 5.92 Å². The zero-order valence-electron chi connectivity index (χ0n) is 10.9. The van der Waals surface area contributed by atoms with Crippen molar-refractivity contribution in [2.24, 2.45) is 10.9 Å². The predicted octanol–water partition coefficient (Wildman–Crippen LogP) is 2.25. The summed E-state index contributed by atoms with van der Waals surface area (Å²) >= 11 is 0. The maximum Gasteiger partial charge on any atom is 0.238 e. The van der Waals surface area contributed by atoms with E-state index in [9.17, 15) is 5.11 Å². The summed E-state index contributed by atoms with van der Waals surface area (Å²) in [7, 11) is 1.70. The van der Waals surface area contributed by atoms with E-state index in [0.29, 0.717) is 23.6 Å². The molecule has 5 nitrogen and oxygen atoms in total. The smallest absolute Gasteiger partial charge is 0.238 e. The van der Waals surface area contributed by atoms with Crippen LogP contribution in [0.5, 0.6) is 5.88 Å². The lowest BCUT2D eigenvalue weighted by molar-refractivity contribution is 0.447. The maximum absolute atomic E-state index is 9.83. The molecule has 2 rings (SSSR count). The van der Waals surface area contributed by atoms with Gasteiger partial charge in [0.25, 0.3) is 0 Å². The van der Waals surface area contributed by atoms with Gasteiger partial charge in [0.1, 0.15) is 5.69 Å². The Balaban J connectivity index is 2.33. The van der Waals surface area contributed by atoms with Crippen LogP contribution in [0.4, 0.5) is 5.95 Å². The normalized spacial score (nSPS) is 24.6. The van der Waals surface area contributed by atoms with Gasteiger partial charge in [-0.2, -0.15) is 4.98 Å². The minimum Gasteiger partial charge on any atom is -0.492 e. The molecule has 1 aliphatic carbocycles. The molecule has 0 radical (unpaired) electrons. The van der Waals surface area contributed by atoms with Crippen LogP contribution >= 0.6 is 0 Å². The number of aliphatic imine (C=N–C) groups is 1. The average Bonchev–Trinajstić information content (AvgIpc) is 2.84. The fourth-order valence-electron chi connectivity index (χ4n) is 2.62. The third-order valence-electron chi connectivity index (χ3n) is 3.48. The molecular weight excluding hydrogens is 228 g/mol. The molecule has 0 amide bonds. The fraction of sp³-hybridized carbons (Fsp3) is 0.538. The summed E-state index contributed by atoms with van der Waals surface area (Å²) in [6, 6.07) is 0.339. The number of hydrogen-bond acceptors (Lipinski definition) is 4. The molecule has 0 aromatic carbocycles. The number of imidazole rings is 1. The number of nitrogens with zero attached hydrogens (tertiary/aromatic N) is 3. The van der Waals surface area contributed by atoms with Gasteiger partial charge in [0, 0.05) is 19.3 Å². The van der Waals surface area contributed by atoms with Crippen LogP contribution in [0.15, 0.2) is 11.1 Å². The van der Waals surface area contributed by atoms with Gasteiger partial charge in [-0.1, -0.05) is 6.92 Å². The van der Waals surface area contributed by atoms with E-state index in [1.165, 1.54) is 6.42 Å². The van der Waals surface area contributed by atoms with Crippen LogP contribution in [0.25, 0.3) is 6.08 Å². The van der Waals surface area contributed by atoms with E-state index in [-0.39, 0.29) is 5.88 Å². The summed E-state index contributed by atoms with van der Waals surface area (Å²) in [5.41, 5.74) is 6.57. The van der Waals surface area contributed by atoms with Crippen molar-refractivity contribution in [1.29, 1.82) is 0 Å². The van der Waals surface area contributed by atoms with Gasteiger partial charge >= 0.3 is 0 Å². The third-order valence-corrected chi connectivity index (χ3v) is 3.48. The van der Waals surface area contributed by atoms with E-state index >= 15 is 0 Å². The Morgan fingerprint density at radius 3 is 2.89 bits per heavy atom. The number of nitrogen functional groups attached to an aromatic ring is 1. The van der Waals surface area contributed by atoms with Crippen molar-refractivity contribution >= 4 is 18.2 Å². The number of hydrogen-bond donors (Lipinski definition) is 2. The molecule has 3 N–H and O–H groups in total. The second-order valence-electron chi connectivity index (χ2n) is 4.89. The molecule has 1 aromatic rings. The van der Waals surface area contributed by atoms with Gasteiger partial charge in [0.05, 0.1) is 0 Å². The molecule has 0 bridgehead atoms. The fourth-order valence-corrected chi connectivity index (χ4v) is 2.62. The van der Waals surface area contributed by atoms with Gasteiger partial charge in [-0.15, -0.1) is 0 Å². The van der Waals surface area contributed by atoms with E-state index in [4.69, 9.17) is 5.73 Å². The summed E-state index contributed by atoms with van der Waals surface area (Å²) in [5, 5.41) is 9.83. The quantitative estimate of drug-likeness (QED) is 0.805. The highest BCUT2D eigenvalue weighted by molar-refractivity contribution is 5.78. The number of aromatic hydroxyl groups is 1. The van der Waals surface area contributed by atoms with Gasteiger partial charge in [-0.3, -0.25) is 4.99 Å². The second kappa shape index (κ2) is 5.25. The first-order chi connectivity index (χ1) is 8.63. The summed E-state index contributed by atoms with van der Waals surface area (Å²) in [6.07, 6.45) is 8.62. The molecule has 2 unspecified atom stereocenters. The van der Waals surface area contributed by atoms with Gasteiger partial charge in [0.15, 0.2) is 0 Å². The Morgan fingerprint density at radius 2 is 2.28 bits per heavy atom. The van der Waals surface area contributed by atoms with Crippen molar-refractivity contribution in [2.45, 2.75) is 32.2 Å². The van der Waals surface area contributed by atoms with Crippen LogP contribution in [0.2, 0.25) is 0 Å². The lowest BCUT2D eigenvalue weighted by atomic mass is 10.1. The van der Waals surface area contributed by atoms with Crippen molar-refractivity contribution in [3.8, 4) is 5.88 Å². The number of rotatable bonds is 3. The highest BCUT2D eigenvalue weighted by atomic mass is 16.3. The molecule has 0 spiro atoms. The van der Waals surface area contributed by atoms with Gasteiger partial charge < -0.3 is 15.4 Å². The van der Waals surface area contributed by atoms with E-state index in [0.717, 1.165) is 12.8 Å². The van der Waals surface area contributed by atoms with Crippen molar-refractivity contribution in [3.63, 3.8) is 0 Å². The largest absolute Gasteiger partial charge is 0.492 e. The Kier molecular flexibility index (Phi) is 3.69. The van der Waals surface area contributed by atoms with Gasteiger partial charge in [-0.05, 0) is 37.3 Å². The van der Waals surface area contributed by atoms with Crippen molar-refractivity contribution in [2.75, 3.05) is 12.8 Å². The van der Waals surface area contributed by atoms with Gasteiger partial charge in [-0.25, -0.2) is 0 Å². The first-order valence-electron chi connectivity index (χ1n) is 6.29. The highest BCUT2D eigenvalue weighted by Crippen LogP contribution is 2.38. The molecule has 1 heterocycles. The van der Waals surface area contributed by atoms with E-state index in [1.54, 1.807) is 25.4 Å². The van der Waals surface area contributed by atoms with Crippen molar-refractivity contribution in [1.82, 2.24) is 9.55 Å². The molecule has 0 saturated heterocycles. The molecule has 98 valence electrons. The topological polar surface area (TPSA) is 76.4 Å². The summed E-state index contributed by atoms with van der Waals surface area (Å²) in [4.78, 5) is 7.83. The van der Waals surface area contributed by atoms with Crippen LogP contribution < -0.4 is 5.73 Å². The first kappa shape index (κ1) is 12.7. The van der Waals surface area contributed by atoms with Gasteiger partial charge in [0.2, 0.25) is 11.8 Å². The molecule has 5 heteroatoms. The highest BCUT2D eigenvalue weighted by Gasteiger charge is 2.27. The average molecular weight is 248 g/mol. The molecule has 0 aliphatic heterocycles.